The number of aromatic nitrogens is 3. The van der Waals surface area contributed by atoms with Crippen LogP contribution in [0.3, 0.4) is 0 Å². The molecule has 0 unspecified atom stereocenters. The van der Waals surface area contributed by atoms with E-state index in [0.717, 1.165) is 35.5 Å². The number of nitrogens with zero attached hydrogens (tertiary/aromatic N) is 5. The summed E-state index contributed by atoms with van der Waals surface area (Å²) in [6, 6.07) is 13.5. The van der Waals surface area contributed by atoms with Crippen molar-refractivity contribution in [2.45, 2.75) is 33.4 Å². The Balaban J connectivity index is 1.34. The summed E-state index contributed by atoms with van der Waals surface area (Å²) in [5.41, 5.74) is 6.10. The van der Waals surface area contributed by atoms with Gasteiger partial charge in [0.25, 0.3) is 5.91 Å². The minimum atomic E-state index is -4.39. The van der Waals surface area contributed by atoms with E-state index in [1.165, 1.54) is 17.2 Å². The number of carbonyl (C=O) groups excluding carboxylic acids is 1. The molecule has 192 valence electrons. The van der Waals surface area contributed by atoms with Crippen LogP contribution in [0, 0.1) is 20.8 Å². The summed E-state index contributed by atoms with van der Waals surface area (Å²) >= 11 is 0. The van der Waals surface area contributed by atoms with Crippen molar-refractivity contribution >= 4 is 17.2 Å². The number of alkyl halides is 3. The number of hydrogen-bond acceptors (Lipinski definition) is 4. The lowest BCUT2D eigenvalue weighted by Gasteiger charge is -2.36. The molecule has 2 aromatic carbocycles. The van der Waals surface area contributed by atoms with Crippen LogP contribution in [0.4, 0.5) is 18.9 Å². The van der Waals surface area contributed by atoms with Gasteiger partial charge in [-0.3, -0.25) is 4.79 Å². The number of aryl methyl sites for hydroxylation is 3. The molecule has 1 saturated heterocycles. The van der Waals surface area contributed by atoms with Gasteiger partial charge in [0, 0.05) is 49.7 Å². The van der Waals surface area contributed by atoms with Crippen LogP contribution in [0.25, 0.3) is 5.65 Å². The van der Waals surface area contributed by atoms with E-state index in [1.54, 1.807) is 21.7 Å². The third-order valence-corrected chi connectivity index (χ3v) is 7.17. The first-order valence-electron chi connectivity index (χ1n) is 12.2. The maximum atomic E-state index is 13.4. The highest BCUT2D eigenvalue weighted by molar-refractivity contribution is 5.99. The van der Waals surface area contributed by atoms with Crippen LogP contribution in [0.1, 0.15) is 44.0 Å². The molecule has 0 atom stereocenters. The zero-order chi connectivity index (χ0) is 26.3. The van der Waals surface area contributed by atoms with Crippen LogP contribution in [-0.2, 0) is 12.6 Å². The zero-order valence-electron chi connectivity index (χ0n) is 21.0. The van der Waals surface area contributed by atoms with Gasteiger partial charge in [0.05, 0.1) is 11.8 Å². The Kier molecular flexibility index (Phi) is 6.39. The van der Waals surface area contributed by atoms with E-state index in [9.17, 15) is 18.0 Å². The van der Waals surface area contributed by atoms with Crippen molar-refractivity contribution in [2.75, 3.05) is 31.1 Å². The Bertz CT molecular complexity index is 1470. The number of halogens is 3. The van der Waals surface area contributed by atoms with Crippen molar-refractivity contribution in [3.8, 4) is 0 Å². The summed E-state index contributed by atoms with van der Waals surface area (Å²) in [6.45, 7) is 7.71. The molecule has 0 spiro atoms. The number of hydrogen-bond donors (Lipinski definition) is 0. The summed E-state index contributed by atoms with van der Waals surface area (Å²) in [4.78, 5) is 21.8. The number of piperazine rings is 1. The van der Waals surface area contributed by atoms with Gasteiger partial charge in [-0.1, -0.05) is 30.3 Å². The maximum absolute atomic E-state index is 13.4. The molecular formula is C28H28F3N5O. The molecule has 37 heavy (non-hydrogen) atoms. The minimum absolute atomic E-state index is 0.170. The minimum Gasteiger partial charge on any atom is -0.368 e. The molecule has 2 aromatic heterocycles. The molecule has 0 radical (unpaired) electrons. The monoisotopic (exact) mass is 507 g/mol. The Hall–Kier alpha value is -3.88. The van der Waals surface area contributed by atoms with Gasteiger partial charge >= 0.3 is 6.18 Å². The summed E-state index contributed by atoms with van der Waals surface area (Å²) in [6.07, 6.45) is -2.10. The molecule has 1 aliphatic heterocycles. The average molecular weight is 508 g/mol. The first-order chi connectivity index (χ1) is 17.6. The molecule has 0 bridgehead atoms. The zero-order valence-corrected chi connectivity index (χ0v) is 21.0. The number of amides is 1. The van der Waals surface area contributed by atoms with E-state index in [0.29, 0.717) is 43.1 Å². The molecule has 4 aromatic rings. The van der Waals surface area contributed by atoms with Crippen LogP contribution in [0.15, 0.2) is 54.7 Å². The maximum Gasteiger partial charge on any atom is 0.416 e. The lowest BCUT2D eigenvalue weighted by molar-refractivity contribution is -0.137. The Labute approximate surface area is 213 Å². The smallest absolute Gasteiger partial charge is 0.368 e. The normalized spacial score (nSPS) is 14.4. The first kappa shape index (κ1) is 24.8. The Morgan fingerprint density at radius 2 is 1.70 bits per heavy atom. The SMILES string of the molecule is Cc1ccccc1Cc1c(C)nc2c(C(=O)N3CCN(c4cccc(C(F)(F)F)c4)CC3)cnn2c1C. The topological polar surface area (TPSA) is 53.7 Å². The fourth-order valence-electron chi connectivity index (χ4n) is 4.93. The van der Waals surface area contributed by atoms with Crippen molar-refractivity contribution in [3.05, 3.63) is 93.9 Å². The summed E-state index contributed by atoms with van der Waals surface area (Å²) in [5, 5.41) is 4.48. The van der Waals surface area contributed by atoms with Gasteiger partial charge in [-0.15, -0.1) is 0 Å². The molecule has 0 aliphatic carbocycles. The highest BCUT2D eigenvalue weighted by Crippen LogP contribution is 2.32. The Morgan fingerprint density at radius 1 is 0.973 bits per heavy atom. The largest absolute Gasteiger partial charge is 0.416 e. The summed E-state index contributed by atoms with van der Waals surface area (Å²) < 4.78 is 41.1. The number of benzene rings is 2. The van der Waals surface area contributed by atoms with E-state index >= 15 is 0 Å². The van der Waals surface area contributed by atoms with E-state index in [2.05, 4.69) is 24.2 Å². The summed E-state index contributed by atoms with van der Waals surface area (Å²) in [5.74, 6) is -0.170. The summed E-state index contributed by atoms with van der Waals surface area (Å²) in [7, 11) is 0. The molecule has 1 amide bonds. The molecular weight excluding hydrogens is 479 g/mol. The van der Waals surface area contributed by atoms with E-state index in [4.69, 9.17) is 4.98 Å². The van der Waals surface area contributed by atoms with Crippen molar-refractivity contribution in [1.82, 2.24) is 19.5 Å². The standard InChI is InChI=1S/C28H28F3N5O/c1-18-7-4-5-8-21(18)15-24-19(2)33-26-25(17-32-36(26)20(24)3)27(37)35-13-11-34(12-14-35)23-10-6-9-22(16-23)28(29,30)31/h4-10,16-17H,11-15H2,1-3H3. The molecule has 5 rings (SSSR count). The van der Waals surface area contributed by atoms with Gasteiger partial charge in [-0.2, -0.15) is 18.3 Å². The number of fused-ring (bicyclic) bond motifs is 1. The van der Waals surface area contributed by atoms with Crippen molar-refractivity contribution < 1.29 is 18.0 Å². The van der Waals surface area contributed by atoms with Crippen LogP contribution in [0.5, 0.6) is 0 Å². The molecule has 3 heterocycles. The Morgan fingerprint density at radius 3 is 2.41 bits per heavy atom. The van der Waals surface area contributed by atoms with Gasteiger partial charge < -0.3 is 9.80 Å². The van der Waals surface area contributed by atoms with Crippen molar-refractivity contribution in [3.63, 3.8) is 0 Å². The third kappa shape index (κ3) is 4.77. The highest BCUT2D eigenvalue weighted by atomic mass is 19.4. The first-order valence-corrected chi connectivity index (χ1v) is 12.2. The lowest BCUT2D eigenvalue weighted by Crippen LogP contribution is -2.48. The molecule has 1 fully saturated rings. The lowest BCUT2D eigenvalue weighted by atomic mass is 9.99. The average Bonchev–Trinajstić information content (AvgIpc) is 3.30. The number of carbonyl (C=O) groups is 1. The number of rotatable bonds is 4. The van der Waals surface area contributed by atoms with Gasteiger partial charge in [0.1, 0.15) is 5.56 Å². The fraction of sp³-hybridized carbons (Fsp3) is 0.321. The van der Waals surface area contributed by atoms with E-state index in [1.807, 2.05) is 30.9 Å². The fourth-order valence-corrected chi connectivity index (χ4v) is 4.93. The third-order valence-electron chi connectivity index (χ3n) is 7.17. The van der Waals surface area contributed by atoms with Crippen LogP contribution < -0.4 is 4.90 Å². The quantitative estimate of drug-likeness (QED) is 0.380. The van der Waals surface area contributed by atoms with Crippen LogP contribution in [-0.4, -0.2) is 51.6 Å². The van der Waals surface area contributed by atoms with Crippen LogP contribution >= 0.6 is 0 Å². The van der Waals surface area contributed by atoms with E-state index < -0.39 is 11.7 Å². The molecule has 6 nitrogen and oxygen atoms in total. The van der Waals surface area contributed by atoms with Crippen molar-refractivity contribution in [2.24, 2.45) is 0 Å². The van der Waals surface area contributed by atoms with Crippen molar-refractivity contribution in [1.29, 1.82) is 0 Å². The second-order valence-electron chi connectivity index (χ2n) is 9.49. The molecule has 1 aliphatic rings. The molecule has 9 heteroatoms. The van der Waals surface area contributed by atoms with Crippen LogP contribution in [0.2, 0.25) is 0 Å². The van der Waals surface area contributed by atoms with Gasteiger partial charge in [-0.25, -0.2) is 9.50 Å². The number of anilines is 1. The van der Waals surface area contributed by atoms with Gasteiger partial charge in [-0.05, 0) is 55.7 Å². The highest BCUT2D eigenvalue weighted by Gasteiger charge is 2.32. The predicted octanol–water partition coefficient (Wildman–Crippen LogP) is 5.23. The van der Waals surface area contributed by atoms with Gasteiger partial charge in [0.15, 0.2) is 5.65 Å². The predicted molar refractivity (Wildman–Crippen MR) is 136 cm³/mol. The second-order valence-corrected chi connectivity index (χ2v) is 9.49. The van der Waals surface area contributed by atoms with Gasteiger partial charge in [0.2, 0.25) is 0 Å². The second kappa shape index (κ2) is 9.53. The molecule has 0 N–H and O–H groups in total. The van der Waals surface area contributed by atoms with E-state index in [-0.39, 0.29) is 5.91 Å². The molecule has 0 saturated carbocycles.